The van der Waals surface area contributed by atoms with Crippen molar-refractivity contribution in [3.63, 3.8) is 0 Å². The van der Waals surface area contributed by atoms with E-state index in [0.717, 1.165) is 45.2 Å². The number of hydrogen-bond acceptors (Lipinski definition) is 4. The van der Waals surface area contributed by atoms with Gasteiger partial charge in [-0.1, -0.05) is 25.1 Å². The highest BCUT2D eigenvalue weighted by Gasteiger charge is 2.20. The molecule has 0 bridgehead atoms. The van der Waals surface area contributed by atoms with E-state index in [2.05, 4.69) is 47.1 Å². The van der Waals surface area contributed by atoms with Crippen LogP contribution in [0.1, 0.15) is 40.6 Å². The van der Waals surface area contributed by atoms with Crippen LogP contribution in [-0.2, 0) is 21.2 Å². The Labute approximate surface area is 202 Å². The van der Waals surface area contributed by atoms with Gasteiger partial charge in [0.1, 0.15) is 6.54 Å². The first-order valence-corrected chi connectivity index (χ1v) is 13.0. The van der Waals surface area contributed by atoms with Gasteiger partial charge in [0.25, 0.3) is 5.91 Å². The standard InChI is InChI=1S/C26H32N4O3S/c1-7-22-9-12-24(13-10-22)29(34(6,32)33)17-26(31)28-27-16-23-15-20(4)30(21(23)5)25-11-8-18(2)19(3)14-25/h8-16H,7,17H2,1-6H3,(H,28,31)/b27-16-. The van der Waals surface area contributed by atoms with E-state index in [-0.39, 0.29) is 6.54 Å². The van der Waals surface area contributed by atoms with Crippen LogP contribution < -0.4 is 9.73 Å². The lowest BCUT2D eigenvalue weighted by molar-refractivity contribution is -0.119. The topological polar surface area (TPSA) is 83.8 Å². The van der Waals surface area contributed by atoms with Crippen molar-refractivity contribution >= 4 is 27.8 Å². The van der Waals surface area contributed by atoms with Gasteiger partial charge in [-0.3, -0.25) is 9.10 Å². The molecule has 3 aromatic rings. The maximum absolute atomic E-state index is 12.5. The zero-order valence-electron chi connectivity index (χ0n) is 20.6. The molecule has 0 fully saturated rings. The first-order valence-electron chi connectivity index (χ1n) is 11.2. The van der Waals surface area contributed by atoms with Crippen LogP contribution in [0, 0.1) is 27.7 Å². The van der Waals surface area contributed by atoms with Gasteiger partial charge in [-0.25, -0.2) is 13.8 Å². The van der Waals surface area contributed by atoms with Gasteiger partial charge in [0.05, 0.1) is 18.2 Å². The molecule has 3 rings (SSSR count). The van der Waals surface area contributed by atoms with Gasteiger partial charge in [-0.05, 0) is 81.1 Å². The van der Waals surface area contributed by atoms with Crippen molar-refractivity contribution in [1.82, 2.24) is 9.99 Å². The minimum Gasteiger partial charge on any atom is -0.318 e. The quantitative estimate of drug-likeness (QED) is 0.388. The predicted molar refractivity (Wildman–Crippen MR) is 138 cm³/mol. The number of aryl methyl sites for hydroxylation is 4. The fraction of sp³-hybridized carbons (Fsp3) is 0.308. The fourth-order valence-electron chi connectivity index (χ4n) is 3.82. The van der Waals surface area contributed by atoms with Gasteiger partial charge in [-0.15, -0.1) is 0 Å². The summed E-state index contributed by atoms with van der Waals surface area (Å²) in [6.45, 7) is 9.85. The second kappa shape index (κ2) is 10.3. The Balaban J connectivity index is 1.74. The molecule has 0 spiro atoms. The summed E-state index contributed by atoms with van der Waals surface area (Å²) in [6.07, 6.45) is 3.51. The Morgan fingerprint density at radius 3 is 2.29 bits per heavy atom. The highest BCUT2D eigenvalue weighted by Crippen LogP contribution is 2.22. The lowest BCUT2D eigenvalue weighted by Gasteiger charge is -2.21. The lowest BCUT2D eigenvalue weighted by Crippen LogP contribution is -2.39. The number of amides is 1. The van der Waals surface area contributed by atoms with Crippen LogP contribution in [0.25, 0.3) is 5.69 Å². The normalized spacial score (nSPS) is 11.7. The molecule has 7 nitrogen and oxygen atoms in total. The van der Waals surface area contributed by atoms with E-state index in [0.29, 0.717) is 5.69 Å². The lowest BCUT2D eigenvalue weighted by atomic mass is 10.1. The van der Waals surface area contributed by atoms with Gasteiger partial charge in [0.15, 0.2) is 0 Å². The molecule has 0 aliphatic carbocycles. The molecule has 1 amide bonds. The number of nitrogens with one attached hydrogen (secondary N) is 1. The van der Waals surface area contributed by atoms with Gasteiger partial charge in [-0.2, -0.15) is 5.10 Å². The molecular weight excluding hydrogens is 448 g/mol. The molecule has 0 aliphatic heterocycles. The number of carbonyl (C=O) groups is 1. The Bertz CT molecular complexity index is 1320. The Hall–Kier alpha value is -3.39. The highest BCUT2D eigenvalue weighted by molar-refractivity contribution is 7.92. The third-order valence-electron chi connectivity index (χ3n) is 5.93. The molecular formula is C26H32N4O3S. The summed E-state index contributed by atoms with van der Waals surface area (Å²) in [4.78, 5) is 12.5. The van der Waals surface area contributed by atoms with E-state index in [1.807, 2.05) is 39.0 Å². The first-order chi connectivity index (χ1) is 16.0. The van der Waals surface area contributed by atoms with Crippen LogP contribution in [0.3, 0.4) is 0 Å². The van der Waals surface area contributed by atoms with E-state index >= 15 is 0 Å². The molecule has 34 heavy (non-hydrogen) atoms. The van der Waals surface area contributed by atoms with E-state index in [1.54, 1.807) is 18.3 Å². The number of anilines is 1. The number of aromatic nitrogens is 1. The number of sulfonamides is 1. The maximum Gasteiger partial charge on any atom is 0.260 e. The summed E-state index contributed by atoms with van der Waals surface area (Å²) in [7, 11) is -3.64. The van der Waals surface area contributed by atoms with Crippen LogP contribution >= 0.6 is 0 Å². The summed E-state index contributed by atoms with van der Waals surface area (Å²) < 4.78 is 27.8. The van der Waals surface area contributed by atoms with Crippen molar-refractivity contribution in [3.05, 3.63) is 82.2 Å². The zero-order valence-corrected chi connectivity index (χ0v) is 21.4. The number of carbonyl (C=O) groups excluding carboxylic acids is 1. The summed E-state index contributed by atoms with van der Waals surface area (Å²) in [6, 6.07) is 15.4. The summed E-state index contributed by atoms with van der Waals surface area (Å²) in [5.74, 6) is -0.524. The minimum absolute atomic E-state index is 0.358. The zero-order chi connectivity index (χ0) is 25.0. The van der Waals surface area contributed by atoms with Gasteiger partial charge in [0.2, 0.25) is 10.0 Å². The van der Waals surface area contributed by atoms with Crippen LogP contribution in [0.4, 0.5) is 5.69 Å². The largest absolute Gasteiger partial charge is 0.318 e. The maximum atomic E-state index is 12.5. The first kappa shape index (κ1) is 25.2. The molecule has 0 unspecified atom stereocenters. The highest BCUT2D eigenvalue weighted by atomic mass is 32.2. The van der Waals surface area contributed by atoms with Crippen LogP contribution in [0.15, 0.2) is 53.6 Å². The average molecular weight is 481 g/mol. The second-order valence-electron chi connectivity index (χ2n) is 8.51. The van der Waals surface area contributed by atoms with Crippen LogP contribution in [0.2, 0.25) is 0 Å². The molecule has 8 heteroatoms. The summed E-state index contributed by atoms with van der Waals surface area (Å²) in [5, 5.41) is 4.08. The molecule has 0 aliphatic rings. The third kappa shape index (κ3) is 5.75. The molecule has 2 aromatic carbocycles. The smallest absolute Gasteiger partial charge is 0.260 e. The van der Waals surface area contributed by atoms with Crippen molar-refractivity contribution in [1.29, 1.82) is 0 Å². The molecule has 1 N–H and O–H groups in total. The van der Waals surface area contributed by atoms with E-state index in [9.17, 15) is 13.2 Å². The van der Waals surface area contributed by atoms with Crippen molar-refractivity contribution in [2.75, 3.05) is 17.1 Å². The molecule has 1 aromatic heterocycles. The SMILES string of the molecule is CCc1ccc(N(CC(=O)N/N=C\c2cc(C)n(-c3ccc(C)c(C)c3)c2C)S(C)(=O)=O)cc1. The second-order valence-corrected chi connectivity index (χ2v) is 10.4. The average Bonchev–Trinajstić information content (AvgIpc) is 3.06. The number of hydrogen-bond donors (Lipinski definition) is 1. The van der Waals surface area contributed by atoms with E-state index in [1.165, 1.54) is 11.1 Å². The molecule has 1 heterocycles. The number of rotatable bonds is 8. The van der Waals surface area contributed by atoms with E-state index in [4.69, 9.17) is 0 Å². The number of hydrazone groups is 1. The number of benzene rings is 2. The molecule has 0 atom stereocenters. The van der Waals surface area contributed by atoms with Gasteiger partial charge in [0, 0.05) is 22.6 Å². The van der Waals surface area contributed by atoms with Crippen LogP contribution in [-0.4, -0.2) is 37.9 Å². The fourth-order valence-corrected chi connectivity index (χ4v) is 4.67. The molecule has 180 valence electrons. The van der Waals surface area contributed by atoms with Crippen molar-refractivity contribution < 1.29 is 13.2 Å². The molecule has 0 saturated heterocycles. The molecule has 0 radical (unpaired) electrons. The number of nitrogens with zero attached hydrogens (tertiary/aromatic N) is 3. The Kier molecular flexibility index (Phi) is 7.61. The Morgan fingerprint density at radius 1 is 1.03 bits per heavy atom. The van der Waals surface area contributed by atoms with Gasteiger partial charge >= 0.3 is 0 Å². The van der Waals surface area contributed by atoms with Crippen molar-refractivity contribution in [3.8, 4) is 5.69 Å². The summed E-state index contributed by atoms with van der Waals surface area (Å²) in [5.41, 5.74) is 10.4. The van der Waals surface area contributed by atoms with E-state index < -0.39 is 15.9 Å². The summed E-state index contributed by atoms with van der Waals surface area (Å²) >= 11 is 0. The third-order valence-corrected chi connectivity index (χ3v) is 7.07. The van der Waals surface area contributed by atoms with Gasteiger partial charge < -0.3 is 4.57 Å². The van der Waals surface area contributed by atoms with Crippen molar-refractivity contribution in [2.45, 2.75) is 41.0 Å². The predicted octanol–water partition coefficient (Wildman–Crippen LogP) is 4.19. The molecule has 0 saturated carbocycles. The minimum atomic E-state index is -3.64. The van der Waals surface area contributed by atoms with Crippen molar-refractivity contribution in [2.24, 2.45) is 5.10 Å². The Morgan fingerprint density at radius 2 is 1.71 bits per heavy atom. The monoisotopic (exact) mass is 480 g/mol. The van der Waals surface area contributed by atoms with Crippen LogP contribution in [0.5, 0.6) is 0 Å².